The van der Waals surface area contributed by atoms with E-state index in [4.69, 9.17) is 18.9 Å². The lowest BCUT2D eigenvalue weighted by atomic mass is 9.77. The number of likely N-dealkylation sites (N-methyl/N-ethyl adjacent to an activating group) is 4. The van der Waals surface area contributed by atoms with E-state index in [0.717, 1.165) is 0 Å². The first kappa shape index (κ1) is 52.4. The molecule has 5 aromatic rings. The van der Waals surface area contributed by atoms with Gasteiger partial charge in [0.05, 0.1) is 5.56 Å². The van der Waals surface area contributed by atoms with Crippen LogP contribution in [0.2, 0.25) is 0 Å². The Hall–Kier alpha value is -8.47. The molecule has 0 saturated carbocycles. The summed E-state index contributed by atoms with van der Waals surface area (Å²) in [6.07, 6.45) is 1.19. The predicted molar refractivity (Wildman–Crippen MR) is 273 cm³/mol. The van der Waals surface area contributed by atoms with Gasteiger partial charge in [-0.2, -0.15) is 0 Å². The third-order valence-corrected chi connectivity index (χ3v) is 13.9. The Labute approximate surface area is 423 Å². The van der Waals surface area contributed by atoms with Crippen molar-refractivity contribution in [1.29, 1.82) is 0 Å². The molecule has 382 valence electrons. The minimum absolute atomic E-state index is 0.0311. The van der Waals surface area contributed by atoms with E-state index in [2.05, 4.69) is 13.2 Å². The molecule has 17 nitrogen and oxygen atoms in total. The fraction of sp³-hybridized carbons (Fsp3) is 0.304. The molecule has 7 rings (SSSR count). The molecule has 2 aliphatic rings. The molecular formula is C56H60N4O13. The lowest BCUT2D eigenvalue weighted by Gasteiger charge is -2.36. The number of benzene rings is 5. The van der Waals surface area contributed by atoms with E-state index < -0.39 is 35.1 Å². The number of phenolic OH excluding ortho intramolecular Hbond substituents is 4. The molecule has 4 N–H and O–H groups in total. The first-order chi connectivity index (χ1) is 34.3. The maximum absolute atomic E-state index is 13.5. The Morgan fingerprint density at radius 1 is 0.644 bits per heavy atom. The van der Waals surface area contributed by atoms with E-state index in [1.165, 1.54) is 58.0 Å². The summed E-state index contributed by atoms with van der Waals surface area (Å²) in [5.74, 6) is -0.925. The van der Waals surface area contributed by atoms with E-state index in [0.29, 0.717) is 55.6 Å². The van der Waals surface area contributed by atoms with E-state index in [9.17, 15) is 44.4 Å². The number of fused-ring (bicyclic) bond motifs is 6. The van der Waals surface area contributed by atoms with Crippen LogP contribution in [0.3, 0.4) is 0 Å². The molecule has 2 aliphatic heterocycles. The number of hydrogen-bond donors (Lipinski definition) is 4. The summed E-state index contributed by atoms with van der Waals surface area (Å²) in [5.41, 5.74) is 1.87. The lowest BCUT2D eigenvalue weighted by molar-refractivity contribution is -0.131. The van der Waals surface area contributed by atoms with Crippen LogP contribution < -0.4 is 24.6 Å². The fourth-order valence-corrected chi connectivity index (χ4v) is 9.06. The molecule has 0 aliphatic carbocycles. The molecule has 0 fully saturated rings. The number of phenols is 4. The highest BCUT2D eigenvalue weighted by molar-refractivity contribution is 5.97. The van der Waals surface area contributed by atoms with E-state index >= 15 is 0 Å². The number of carbonyl (C=O) groups is 5. The van der Waals surface area contributed by atoms with Gasteiger partial charge < -0.3 is 59.0 Å². The maximum Gasteiger partial charge on any atom is 0.415 e. The smallest absolute Gasteiger partial charge is 0.415 e. The molecule has 5 aromatic carbocycles. The molecule has 1 atom stereocenters. The van der Waals surface area contributed by atoms with Gasteiger partial charge in [-0.1, -0.05) is 45.2 Å². The predicted octanol–water partition coefficient (Wildman–Crippen LogP) is 6.99. The Bertz CT molecular complexity index is 3230. The topological polar surface area (TPSA) is 216 Å². The number of nitrogens with zero attached hydrogens (tertiary/aromatic N) is 4. The monoisotopic (exact) mass is 996 g/mol. The van der Waals surface area contributed by atoms with Crippen LogP contribution >= 0.6 is 0 Å². The van der Waals surface area contributed by atoms with Crippen molar-refractivity contribution in [3.05, 3.63) is 133 Å². The molecule has 4 amide bonds. The van der Waals surface area contributed by atoms with Crippen molar-refractivity contribution in [2.45, 2.75) is 59.0 Å². The fourth-order valence-electron chi connectivity index (χ4n) is 9.06. The van der Waals surface area contributed by atoms with Gasteiger partial charge in [0.25, 0.3) is 0 Å². The molecule has 73 heavy (non-hydrogen) atoms. The summed E-state index contributed by atoms with van der Waals surface area (Å²) >= 11 is 0. The zero-order valence-corrected chi connectivity index (χ0v) is 42.6. The minimum Gasteiger partial charge on any atom is -0.507 e. The van der Waals surface area contributed by atoms with Crippen LogP contribution in [0.4, 0.5) is 9.59 Å². The highest BCUT2D eigenvalue weighted by atomic mass is 16.6. The number of aromatic hydroxyl groups is 4. The zero-order valence-electron chi connectivity index (χ0n) is 42.6. The van der Waals surface area contributed by atoms with Crippen LogP contribution in [-0.2, 0) is 25.3 Å². The Morgan fingerprint density at radius 2 is 1.16 bits per heavy atom. The second-order valence-electron chi connectivity index (χ2n) is 19.2. The largest absolute Gasteiger partial charge is 0.507 e. The average molecular weight is 997 g/mol. The van der Waals surface area contributed by atoms with Gasteiger partial charge >= 0.3 is 18.2 Å². The normalized spacial score (nSPS) is 14.4. The molecule has 0 aromatic heterocycles. The van der Waals surface area contributed by atoms with Gasteiger partial charge in [-0.05, 0) is 75.2 Å². The van der Waals surface area contributed by atoms with Gasteiger partial charge in [0, 0.05) is 134 Å². The summed E-state index contributed by atoms with van der Waals surface area (Å²) in [6.45, 7) is 18.4. The van der Waals surface area contributed by atoms with Crippen molar-refractivity contribution < 1.29 is 63.3 Å². The molecule has 0 bridgehead atoms. The first-order valence-corrected chi connectivity index (χ1v) is 23.4. The van der Waals surface area contributed by atoms with E-state index in [1.807, 2.05) is 0 Å². The number of amides is 4. The van der Waals surface area contributed by atoms with Crippen molar-refractivity contribution in [1.82, 2.24) is 19.6 Å². The van der Waals surface area contributed by atoms with E-state index in [-0.39, 0.29) is 94.9 Å². The Balaban J connectivity index is 1.03. The molecule has 1 spiro atoms. The van der Waals surface area contributed by atoms with Crippen LogP contribution in [0.5, 0.6) is 46.0 Å². The number of carbonyl (C=O) groups excluding carboxylic acids is 5. The number of rotatable bonds is 13. The zero-order chi connectivity index (χ0) is 53.6. The van der Waals surface area contributed by atoms with Crippen molar-refractivity contribution in [3.63, 3.8) is 0 Å². The summed E-state index contributed by atoms with van der Waals surface area (Å²) in [6, 6.07) is 16.3. The van der Waals surface area contributed by atoms with Crippen molar-refractivity contribution in [2.24, 2.45) is 0 Å². The van der Waals surface area contributed by atoms with Gasteiger partial charge in [0.1, 0.15) is 46.0 Å². The highest BCUT2D eigenvalue weighted by Crippen LogP contribution is 2.57. The summed E-state index contributed by atoms with van der Waals surface area (Å²) in [7, 11) is 6.18. The molecular weight excluding hydrogens is 937 g/mol. The lowest BCUT2D eigenvalue weighted by Crippen LogP contribution is -2.41. The number of esters is 1. The number of ether oxygens (including phenoxy) is 4. The highest BCUT2D eigenvalue weighted by Gasteiger charge is 2.53. The number of hydrogen-bond acceptors (Lipinski definition) is 13. The van der Waals surface area contributed by atoms with Gasteiger partial charge in [-0.3, -0.25) is 9.59 Å². The Morgan fingerprint density at radius 3 is 1.74 bits per heavy atom. The molecule has 2 heterocycles. The first-order valence-electron chi connectivity index (χ1n) is 23.4. The van der Waals surface area contributed by atoms with Crippen LogP contribution in [-0.4, -0.2) is 124 Å². The molecule has 17 heteroatoms. The van der Waals surface area contributed by atoms with Crippen molar-refractivity contribution in [2.75, 3.05) is 54.4 Å². The van der Waals surface area contributed by atoms with Crippen LogP contribution in [0.15, 0.2) is 66.7 Å². The summed E-state index contributed by atoms with van der Waals surface area (Å²) < 4.78 is 24.2. The van der Waals surface area contributed by atoms with Gasteiger partial charge in [0.15, 0.2) is 5.60 Å². The van der Waals surface area contributed by atoms with Gasteiger partial charge in [-0.25, -0.2) is 14.4 Å². The second-order valence-corrected chi connectivity index (χ2v) is 19.2. The van der Waals surface area contributed by atoms with Crippen molar-refractivity contribution in [3.8, 4) is 46.0 Å². The van der Waals surface area contributed by atoms with Crippen LogP contribution in [0.1, 0.15) is 80.7 Å². The van der Waals surface area contributed by atoms with Crippen molar-refractivity contribution >= 4 is 49.2 Å². The minimum atomic E-state index is -1.49. The van der Waals surface area contributed by atoms with Gasteiger partial charge in [0.2, 0.25) is 11.8 Å². The quantitative estimate of drug-likeness (QED) is 0.0532. The Kier molecular flexibility index (Phi) is 14.3. The van der Waals surface area contributed by atoms with Crippen LogP contribution in [0.25, 0.3) is 19.2 Å². The molecule has 1 unspecified atom stereocenters. The summed E-state index contributed by atoms with van der Waals surface area (Å²) in [5, 5.41) is 43.1. The van der Waals surface area contributed by atoms with E-state index in [1.54, 1.807) is 104 Å². The molecule has 0 saturated heterocycles. The average Bonchev–Trinajstić information content (AvgIpc) is 3.65. The maximum atomic E-state index is 13.5. The second kappa shape index (κ2) is 20.0. The third kappa shape index (κ3) is 9.69. The van der Waals surface area contributed by atoms with Crippen LogP contribution in [0, 0.1) is 27.7 Å². The SMILES string of the molecule is C=c1c(C)c(O)c(=C)c(C(C)(C)CC(=O)N(C)CCN(C)C(=O)Oc2ccc3c(c2)Oc2cc(OC(=O)N(C)CCN(C)C(=O)/C=C/c4c(C)c(O)c(C)c(C)c4O)ccc2C32OC(=O)c3ccccc32)c1O. The standard InChI is InChI=1S/C56H60N4O13/c1-30-32(3)50(65)38(34(5)48(30)63)19-22-45(61)57(9)23-25-59(11)53(68)70-36-17-20-41-43(27-36)72-44-28-37(18-21-42(44)56(41)40-16-14-13-15-39(40)52(67)73-56)71-54(69)60(12)26-24-58(10)46(62)29-55(7,8)47-35(6)49(64)31(2)33(4)51(47)66/h13-22,27-28,63-66H,4,6,23-26,29H2,1-3,5,7-12H3/b22-19+. The third-order valence-electron chi connectivity index (χ3n) is 13.9. The van der Waals surface area contributed by atoms with Gasteiger partial charge in [-0.15, -0.1) is 0 Å². The molecule has 0 radical (unpaired) electrons. The summed E-state index contributed by atoms with van der Waals surface area (Å²) in [4.78, 5) is 72.3.